The molecule has 1 amide bonds. The number of anilines is 1. The highest BCUT2D eigenvalue weighted by Gasteiger charge is 2.32. The highest BCUT2D eigenvalue weighted by molar-refractivity contribution is 5.90. The molecule has 0 bridgehead atoms. The second-order valence-electron chi connectivity index (χ2n) is 5.35. The highest BCUT2D eigenvalue weighted by Crippen LogP contribution is 2.36. The SMILES string of the molecule is O=CN(c1ncnc2c1ncn2C1CCC1)C1CC1. The fraction of sp³-hybridized carbons (Fsp3) is 0.538. The number of amides is 1. The van der Waals surface area contributed by atoms with Gasteiger partial charge in [-0.15, -0.1) is 0 Å². The Kier molecular flexibility index (Phi) is 2.30. The van der Waals surface area contributed by atoms with Crippen molar-refractivity contribution in [2.45, 2.75) is 44.2 Å². The quantitative estimate of drug-likeness (QED) is 0.782. The second kappa shape index (κ2) is 4.01. The summed E-state index contributed by atoms with van der Waals surface area (Å²) in [5.41, 5.74) is 1.59. The lowest BCUT2D eigenvalue weighted by Gasteiger charge is -2.26. The Balaban J connectivity index is 1.82. The van der Waals surface area contributed by atoms with Gasteiger partial charge in [0.05, 0.1) is 6.33 Å². The van der Waals surface area contributed by atoms with Gasteiger partial charge in [-0.2, -0.15) is 0 Å². The van der Waals surface area contributed by atoms with Crippen molar-refractivity contribution in [3.8, 4) is 0 Å². The number of hydrogen-bond donors (Lipinski definition) is 0. The predicted molar refractivity (Wildman–Crippen MR) is 69.8 cm³/mol. The number of carbonyl (C=O) groups excluding carboxylic acids is 1. The fourth-order valence-corrected chi connectivity index (χ4v) is 2.62. The first-order valence-corrected chi connectivity index (χ1v) is 6.79. The van der Waals surface area contributed by atoms with E-state index in [9.17, 15) is 4.79 Å². The van der Waals surface area contributed by atoms with Crippen LogP contribution in [0.4, 0.5) is 5.82 Å². The maximum atomic E-state index is 11.3. The smallest absolute Gasteiger partial charge is 0.215 e. The maximum absolute atomic E-state index is 11.3. The molecule has 4 rings (SSSR count). The Morgan fingerprint density at radius 2 is 2.05 bits per heavy atom. The molecular formula is C13H15N5O. The summed E-state index contributed by atoms with van der Waals surface area (Å²) in [5, 5.41) is 0. The molecule has 2 saturated carbocycles. The third-order valence-corrected chi connectivity index (χ3v) is 4.11. The van der Waals surface area contributed by atoms with E-state index in [1.807, 2.05) is 6.33 Å². The number of aromatic nitrogens is 4. The molecule has 0 aromatic carbocycles. The van der Waals surface area contributed by atoms with Gasteiger partial charge in [0.25, 0.3) is 0 Å². The molecule has 0 radical (unpaired) electrons. The lowest BCUT2D eigenvalue weighted by Crippen LogP contribution is -2.25. The molecule has 0 spiro atoms. The molecule has 6 heteroatoms. The van der Waals surface area contributed by atoms with Gasteiger partial charge in [0.15, 0.2) is 17.0 Å². The van der Waals surface area contributed by atoms with E-state index in [4.69, 9.17) is 0 Å². The van der Waals surface area contributed by atoms with E-state index in [0.717, 1.165) is 30.4 Å². The summed E-state index contributed by atoms with van der Waals surface area (Å²) >= 11 is 0. The van der Waals surface area contributed by atoms with E-state index in [-0.39, 0.29) is 0 Å². The Morgan fingerprint density at radius 1 is 1.21 bits per heavy atom. The molecule has 0 N–H and O–H groups in total. The minimum absolute atomic E-state index is 0.296. The van der Waals surface area contributed by atoms with Crippen molar-refractivity contribution in [2.24, 2.45) is 0 Å². The van der Waals surface area contributed by atoms with Gasteiger partial charge in [0.2, 0.25) is 6.41 Å². The summed E-state index contributed by atoms with van der Waals surface area (Å²) in [7, 11) is 0. The fourth-order valence-electron chi connectivity index (χ4n) is 2.62. The van der Waals surface area contributed by atoms with Crippen LogP contribution in [0.1, 0.15) is 38.1 Å². The standard InChI is InChI=1S/C13H15N5O/c19-8-18(10-4-5-10)13-11-12(14-6-15-13)17(7-16-11)9-2-1-3-9/h6-10H,1-5H2. The summed E-state index contributed by atoms with van der Waals surface area (Å²) in [5.74, 6) is 0.653. The summed E-state index contributed by atoms with van der Waals surface area (Å²) in [4.78, 5) is 26.0. The van der Waals surface area contributed by atoms with Crippen molar-refractivity contribution in [3.05, 3.63) is 12.7 Å². The van der Waals surface area contributed by atoms with E-state index < -0.39 is 0 Å². The van der Waals surface area contributed by atoms with E-state index in [0.29, 0.717) is 17.9 Å². The van der Waals surface area contributed by atoms with Crippen LogP contribution < -0.4 is 4.90 Å². The van der Waals surface area contributed by atoms with Crippen molar-refractivity contribution in [3.63, 3.8) is 0 Å². The molecule has 19 heavy (non-hydrogen) atoms. The van der Waals surface area contributed by atoms with E-state index in [1.165, 1.54) is 25.6 Å². The lowest BCUT2D eigenvalue weighted by molar-refractivity contribution is -0.107. The maximum Gasteiger partial charge on any atom is 0.215 e. The molecule has 0 atom stereocenters. The lowest BCUT2D eigenvalue weighted by atomic mass is 9.93. The molecule has 2 aliphatic carbocycles. The van der Waals surface area contributed by atoms with Crippen LogP contribution in [0.3, 0.4) is 0 Å². The molecular weight excluding hydrogens is 242 g/mol. The topological polar surface area (TPSA) is 63.9 Å². The van der Waals surface area contributed by atoms with Gasteiger partial charge >= 0.3 is 0 Å². The molecule has 6 nitrogen and oxygen atoms in total. The van der Waals surface area contributed by atoms with Gasteiger partial charge in [0, 0.05) is 12.1 Å². The third-order valence-electron chi connectivity index (χ3n) is 4.11. The minimum atomic E-state index is 0.296. The minimum Gasteiger partial charge on any atom is -0.312 e. The Morgan fingerprint density at radius 3 is 2.68 bits per heavy atom. The monoisotopic (exact) mass is 257 g/mol. The van der Waals surface area contributed by atoms with Crippen LogP contribution in [0.2, 0.25) is 0 Å². The van der Waals surface area contributed by atoms with Crippen LogP contribution >= 0.6 is 0 Å². The summed E-state index contributed by atoms with van der Waals surface area (Å²) < 4.78 is 2.12. The zero-order chi connectivity index (χ0) is 12.8. The van der Waals surface area contributed by atoms with E-state index in [2.05, 4.69) is 19.5 Å². The van der Waals surface area contributed by atoms with E-state index in [1.54, 1.807) is 4.90 Å². The van der Waals surface area contributed by atoms with Gasteiger partial charge in [0.1, 0.15) is 6.33 Å². The van der Waals surface area contributed by atoms with Crippen LogP contribution in [-0.2, 0) is 4.79 Å². The summed E-state index contributed by atoms with van der Waals surface area (Å²) in [6, 6.07) is 0.808. The van der Waals surface area contributed by atoms with Gasteiger partial charge in [-0.05, 0) is 32.1 Å². The normalized spacial score (nSPS) is 19.4. The molecule has 2 aliphatic rings. The van der Waals surface area contributed by atoms with Gasteiger partial charge in [-0.25, -0.2) is 15.0 Å². The van der Waals surface area contributed by atoms with Crippen molar-refractivity contribution in [2.75, 3.05) is 4.90 Å². The molecule has 0 unspecified atom stereocenters. The van der Waals surface area contributed by atoms with Crippen LogP contribution in [0.5, 0.6) is 0 Å². The molecule has 0 saturated heterocycles. The van der Waals surface area contributed by atoms with Crippen molar-refractivity contribution < 1.29 is 4.79 Å². The van der Waals surface area contributed by atoms with Gasteiger partial charge in [-0.3, -0.25) is 9.69 Å². The Hall–Kier alpha value is -1.98. The number of hydrogen-bond acceptors (Lipinski definition) is 4. The first-order valence-electron chi connectivity index (χ1n) is 6.79. The predicted octanol–water partition coefficient (Wildman–Crippen LogP) is 1.68. The Bertz CT molecular complexity index is 629. The number of carbonyl (C=O) groups is 1. The molecule has 0 aliphatic heterocycles. The Labute approximate surface area is 110 Å². The average molecular weight is 257 g/mol. The zero-order valence-electron chi connectivity index (χ0n) is 10.6. The van der Waals surface area contributed by atoms with Crippen LogP contribution in [0, 0.1) is 0 Å². The third kappa shape index (κ3) is 1.63. The number of rotatable bonds is 4. The highest BCUT2D eigenvalue weighted by atomic mass is 16.1. The average Bonchev–Trinajstić information content (AvgIpc) is 3.11. The van der Waals surface area contributed by atoms with Gasteiger partial charge < -0.3 is 4.57 Å². The van der Waals surface area contributed by atoms with Crippen molar-refractivity contribution >= 4 is 23.4 Å². The van der Waals surface area contributed by atoms with Crippen LogP contribution in [0.25, 0.3) is 11.2 Å². The first kappa shape index (κ1) is 10.9. The number of fused-ring (bicyclic) bond motifs is 1. The van der Waals surface area contributed by atoms with Crippen LogP contribution in [0.15, 0.2) is 12.7 Å². The number of nitrogens with zero attached hydrogens (tertiary/aromatic N) is 5. The largest absolute Gasteiger partial charge is 0.312 e. The number of imidazole rings is 1. The zero-order valence-corrected chi connectivity index (χ0v) is 10.6. The van der Waals surface area contributed by atoms with Crippen LogP contribution in [-0.4, -0.2) is 32.0 Å². The molecule has 2 aromatic rings. The molecule has 2 aromatic heterocycles. The first-order chi connectivity index (χ1) is 9.38. The molecule has 98 valence electrons. The van der Waals surface area contributed by atoms with E-state index >= 15 is 0 Å². The molecule has 2 fully saturated rings. The van der Waals surface area contributed by atoms with Crippen molar-refractivity contribution in [1.82, 2.24) is 19.5 Å². The van der Waals surface area contributed by atoms with Crippen molar-refractivity contribution in [1.29, 1.82) is 0 Å². The second-order valence-corrected chi connectivity index (χ2v) is 5.35. The summed E-state index contributed by atoms with van der Waals surface area (Å²) in [6.45, 7) is 0. The molecule has 2 heterocycles. The summed E-state index contributed by atoms with van der Waals surface area (Å²) in [6.07, 6.45) is 9.97. The van der Waals surface area contributed by atoms with Gasteiger partial charge in [-0.1, -0.05) is 0 Å².